The van der Waals surface area contributed by atoms with E-state index >= 15 is 0 Å². The molecule has 172 valence electrons. The number of amides is 2. The van der Waals surface area contributed by atoms with Gasteiger partial charge in [-0.25, -0.2) is 4.98 Å². The number of piperidine rings is 2. The monoisotopic (exact) mass is 462 g/mol. The number of likely N-dealkylation sites (tertiary alicyclic amines) is 2. The molecule has 3 heterocycles. The molecule has 1 N–H and O–H groups in total. The number of hydrogen-bond donors (Lipinski definition) is 1. The number of para-hydroxylation sites is 2. The first kappa shape index (κ1) is 22.0. The van der Waals surface area contributed by atoms with Crippen molar-refractivity contribution in [2.45, 2.75) is 31.6 Å². The van der Waals surface area contributed by atoms with Crippen LogP contribution in [0.1, 0.15) is 36.6 Å². The fourth-order valence-corrected chi connectivity index (χ4v) is 5.97. The minimum Gasteiger partial charge on any atom is -0.341 e. The second kappa shape index (κ2) is 10.0. The van der Waals surface area contributed by atoms with Crippen LogP contribution >= 0.6 is 11.3 Å². The number of nitrogens with zero attached hydrogens (tertiary/aromatic N) is 3. The molecule has 0 bridgehead atoms. The Morgan fingerprint density at radius 1 is 0.970 bits per heavy atom. The topological polar surface area (TPSA) is 65.5 Å². The van der Waals surface area contributed by atoms with Crippen LogP contribution in [0.3, 0.4) is 0 Å². The lowest BCUT2D eigenvalue weighted by Gasteiger charge is -2.35. The van der Waals surface area contributed by atoms with Gasteiger partial charge in [0.1, 0.15) is 0 Å². The molecule has 0 unspecified atom stereocenters. The highest BCUT2D eigenvalue weighted by molar-refractivity contribution is 7.18. The van der Waals surface area contributed by atoms with Crippen LogP contribution in [0.15, 0.2) is 54.6 Å². The largest absolute Gasteiger partial charge is 0.341 e. The number of nitrogens with one attached hydrogen (secondary N) is 1. The molecule has 2 aliphatic heterocycles. The highest BCUT2D eigenvalue weighted by atomic mass is 32.1. The molecule has 0 aliphatic carbocycles. The number of hydrogen-bond acceptors (Lipinski definition) is 5. The molecule has 0 saturated carbocycles. The summed E-state index contributed by atoms with van der Waals surface area (Å²) in [5.41, 5.74) is 1.90. The van der Waals surface area contributed by atoms with Gasteiger partial charge in [-0.15, -0.1) is 11.3 Å². The van der Waals surface area contributed by atoms with Gasteiger partial charge >= 0.3 is 0 Å². The fourth-order valence-electron chi connectivity index (χ4n) is 4.88. The molecule has 7 heteroatoms. The van der Waals surface area contributed by atoms with Gasteiger partial charge in [0.05, 0.1) is 21.8 Å². The van der Waals surface area contributed by atoms with Crippen molar-refractivity contribution >= 4 is 39.1 Å². The second-order valence-corrected chi connectivity index (χ2v) is 10.2. The zero-order valence-corrected chi connectivity index (χ0v) is 19.6. The maximum Gasteiger partial charge on any atom is 0.236 e. The smallest absolute Gasteiger partial charge is 0.236 e. The molecular formula is C26H30N4O2S. The number of anilines is 1. The van der Waals surface area contributed by atoms with Crippen molar-refractivity contribution in [3.63, 3.8) is 0 Å². The number of thiazole rings is 1. The summed E-state index contributed by atoms with van der Waals surface area (Å²) in [6.07, 6.45) is 3.69. The van der Waals surface area contributed by atoms with E-state index in [1.54, 1.807) is 11.3 Å². The van der Waals surface area contributed by atoms with E-state index in [4.69, 9.17) is 4.98 Å². The van der Waals surface area contributed by atoms with Crippen LogP contribution in [0.25, 0.3) is 10.2 Å². The van der Waals surface area contributed by atoms with E-state index in [9.17, 15) is 9.59 Å². The summed E-state index contributed by atoms with van der Waals surface area (Å²) in [6.45, 7) is 3.60. The highest BCUT2D eigenvalue weighted by Crippen LogP contribution is 2.33. The van der Waals surface area contributed by atoms with Gasteiger partial charge in [0, 0.05) is 30.6 Å². The molecule has 2 aliphatic rings. The standard InChI is InChI=1S/C26H30N4O2S/c31-24(18-29-15-12-19(13-16-29)25(32)27-21-8-2-1-3-9-21)30-14-6-7-20(17-30)26-28-22-10-4-5-11-23(22)33-26/h1-5,8-11,19-20H,6-7,12-18H2,(H,27,32)/t20-/m1/s1. The average Bonchev–Trinajstić information content (AvgIpc) is 3.30. The Kier molecular flexibility index (Phi) is 6.69. The second-order valence-electron chi connectivity index (χ2n) is 9.10. The van der Waals surface area contributed by atoms with Crippen LogP contribution in [0.5, 0.6) is 0 Å². The van der Waals surface area contributed by atoms with E-state index in [1.807, 2.05) is 41.3 Å². The summed E-state index contributed by atoms with van der Waals surface area (Å²) in [5.74, 6) is 0.623. The number of benzene rings is 2. The fraction of sp³-hybridized carbons (Fsp3) is 0.423. The number of aromatic nitrogens is 1. The Balaban J connectivity index is 1.11. The molecule has 2 amide bonds. The predicted octanol–water partition coefficient (Wildman–Crippen LogP) is 4.35. The highest BCUT2D eigenvalue weighted by Gasteiger charge is 2.30. The van der Waals surface area contributed by atoms with Crippen molar-refractivity contribution in [3.8, 4) is 0 Å². The van der Waals surface area contributed by atoms with Crippen LogP contribution in [0, 0.1) is 5.92 Å². The molecule has 2 fully saturated rings. The van der Waals surface area contributed by atoms with Gasteiger partial charge in [-0.2, -0.15) is 0 Å². The van der Waals surface area contributed by atoms with Gasteiger partial charge in [0.2, 0.25) is 11.8 Å². The first-order valence-corrected chi connectivity index (χ1v) is 12.7. The van der Waals surface area contributed by atoms with Crippen LogP contribution < -0.4 is 5.32 Å². The minimum atomic E-state index is 0.00922. The molecule has 6 nitrogen and oxygen atoms in total. The van der Waals surface area contributed by atoms with E-state index in [0.29, 0.717) is 12.5 Å². The molecule has 1 aromatic heterocycles. The Morgan fingerprint density at radius 3 is 2.52 bits per heavy atom. The maximum atomic E-state index is 13.1. The number of carbonyl (C=O) groups excluding carboxylic acids is 2. The third-order valence-electron chi connectivity index (χ3n) is 6.79. The van der Waals surface area contributed by atoms with Crippen LogP contribution in [-0.4, -0.2) is 59.3 Å². The summed E-state index contributed by atoms with van der Waals surface area (Å²) in [4.78, 5) is 34.7. The van der Waals surface area contributed by atoms with Crippen molar-refractivity contribution < 1.29 is 9.59 Å². The maximum absolute atomic E-state index is 13.1. The lowest BCUT2D eigenvalue weighted by atomic mass is 9.95. The quantitative estimate of drug-likeness (QED) is 0.612. The van der Waals surface area contributed by atoms with Gasteiger partial charge in [-0.3, -0.25) is 14.5 Å². The molecule has 3 aromatic rings. The van der Waals surface area contributed by atoms with E-state index < -0.39 is 0 Å². The molecule has 0 radical (unpaired) electrons. The first-order chi connectivity index (χ1) is 16.2. The van der Waals surface area contributed by atoms with Gasteiger partial charge in [-0.1, -0.05) is 30.3 Å². The van der Waals surface area contributed by atoms with E-state index in [0.717, 1.165) is 68.1 Å². The van der Waals surface area contributed by atoms with Crippen molar-refractivity contribution in [1.82, 2.24) is 14.8 Å². The van der Waals surface area contributed by atoms with Crippen LogP contribution in [-0.2, 0) is 9.59 Å². The predicted molar refractivity (Wildman–Crippen MR) is 132 cm³/mol. The first-order valence-electron chi connectivity index (χ1n) is 11.9. The van der Waals surface area contributed by atoms with E-state index in [1.165, 1.54) is 4.70 Å². The molecule has 2 saturated heterocycles. The molecule has 33 heavy (non-hydrogen) atoms. The molecule has 2 aromatic carbocycles. The van der Waals surface area contributed by atoms with Crippen molar-refractivity contribution in [1.29, 1.82) is 0 Å². The van der Waals surface area contributed by atoms with Crippen molar-refractivity contribution in [2.75, 3.05) is 38.0 Å². The van der Waals surface area contributed by atoms with Crippen molar-refractivity contribution in [2.24, 2.45) is 5.92 Å². The molecule has 0 spiro atoms. The van der Waals surface area contributed by atoms with Gasteiger partial charge in [0.25, 0.3) is 0 Å². The summed E-state index contributed by atoms with van der Waals surface area (Å²) < 4.78 is 1.22. The number of fused-ring (bicyclic) bond motifs is 1. The van der Waals surface area contributed by atoms with E-state index in [2.05, 4.69) is 28.4 Å². The molecule has 1 atom stereocenters. The SMILES string of the molecule is O=C(Nc1ccccc1)C1CCN(CC(=O)N2CCC[C@@H](c3nc4ccccc4s3)C2)CC1. The normalized spacial score (nSPS) is 20.1. The summed E-state index contributed by atoms with van der Waals surface area (Å²) in [5, 5.41) is 4.16. The summed E-state index contributed by atoms with van der Waals surface area (Å²) in [7, 11) is 0. The van der Waals surface area contributed by atoms with Crippen LogP contribution in [0.2, 0.25) is 0 Å². The Labute approximate surface area is 198 Å². The summed E-state index contributed by atoms with van der Waals surface area (Å²) >= 11 is 1.76. The Morgan fingerprint density at radius 2 is 1.73 bits per heavy atom. The zero-order chi connectivity index (χ0) is 22.6. The average molecular weight is 463 g/mol. The number of carbonyl (C=O) groups is 2. The van der Waals surface area contributed by atoms with Crippen LogP contribution in [0.4, 0.5) is 5.69 Å². The third kappa shape index (κ3) is 5.25. The molecular weight excluding hydrogens is 432 g/mol. The minimum absolute atomic E-state index is 0.00922. The number of rotatable bonds is 5. The van der Waals surface area contributed by atoms with Gasteiger partial charge in [-0.05, 0) is 63.0 Å². The summed E-state index contributed by atoms with van der Waals surface area (Å²) in [6, 6.07) is 17.9. The lowest BCUT2D eigenvalue weighted by Crippen LogP contribution is -2.47. The van der Waals surface area contributed by atoms with Gasteiger partial charge < -0.3 is 10.2 Å². The Hall–Kier alpha value is -2.77. The van der Waals surface area contributed by atoms with Crippen molar-refractivity contribution in [3.05, 3.63) is 59.6 Å². The molecule has 5 rings (SSSR count). The Bertz CT molecular complexity index is 1070. The third-order valence-corrected chi connectivity index (χ3v) is 7.99. The zero-order valence-electron chi connectivity index (χ0n) is 18.8. The lowest BCUT2D eigenvalue weighted by molar-refractivity contribution is -0.134. The van der Waals surface area contributed by atoms with E-state index in [-0.39, 0.29) is 17.7 Å². The van der Waals surface area contributed by atoms with Gasteiger partial charge in [0.15, 0.2) is 0 Å².